The Labute approximate surface area is 186 Å². The molecule has 2 fully saturated rings. The summed E-state index contributed by atoms with van der Waals surface area (Å²) in [6.07, 6.45) is -0.667. The van der Waals surface area contributed by atoms with E-state index in [4.69, 9.17) is 9.26 Å². The number of imide groups is 1. The van der Waals surface area contributed by atoms with Crippen LogP contribution in [0.3, 0.4) is 0 Å². The number of benzene rings is 1. The number of halogens is 3. The molecule has 0 bridgehead atoms. The summed E-state index contributed by atoms with van der Waals surface area (Å²) in [5.41, 5.74) is -1.41. The van der Waals surface area contributed by atoms with Crippen LogP contribution in [0.4, 0.5) is 18.0 Å². The van der Waals surface area contributed by atoms with E-state index < -0.39 is 48.3 Å². The van der Waals surface area contributed by atoms with Crippen molar-refractivity contribution >= 4 is 17.9 Å². The molecule has 1 saturated heterocycles. The Morgan fingerprint density at radius 2 is 1.82 bits per heavy atom. The van der Waals surface area contributed by atoms with Gasteiger partial charge in [0.25, 0.3) is 11.8 Å². The molecule has 0 N–H and O–H groups in total. The van der Waals surface area contributed by atoms with Crippen molar-refractivity contribution in [3.63, 3.8) is 0 Å². The van der Waals surface area contributed by atoms with Gasteiger partial charge in [-0.15, -0.1) is 0 Å². The van der Waals surface area contributed by atoms with Crippen LogP contribution >= 0.6 is 0 Å². The number of hydrogen-bond acceptors (Lipinski definition) is 7. The second-order valence-electron chi connectivity index (χ2n) is 8.07. The fourth-order valence-corrected chi connectivity index (χ4v) is 4.23. The highest BCUT2D eigenvalue weighted by Crippen LogP contribution is 2.39. The predicted molar refractivity (Wildman–Crippen MR) is 105 cm³/mol. The minimum absolute atomic E-state index is 0.0283. The number of ether oxygens (including phenoxy) is 1. The standard InChI is InChI=1S/C21H21F3N4O5/c1-27-19(31)28(18(30)20(27)9-3-2-4-10-20)11-16(29)32-12-15-25-17(26-33-15)13-5-7-14(8-6-13)21(22,23)24/h5-8H,2-4,9-12H2,1H3. The summed E-state index contributed by atoms with van der Waals surface area (Å²) in [5.74, 6) is -1.28. The number of hydrogen-bond donors (Lipinski definition) is 0. The van der Waals surface area contributed by atoms with Gasteiger partial charge in [-0.25, -0.2) is 4.79 Å². The molecular weight excluding hydrogens is 445 g/mol. The summed E-state index contributed by atoms with van der Waals surface area (Å²) in [4.78, 5) is 44.0. The maximum Gasteiger partial charge on any atom is 0.416 e. The molecule has 1 saturated carbocycles. The van der Waals surface area contributed by atoms with Crippen molar-refractivity contribution in [3.8, 4) is 11.4 Å². The number of amides is 3. The Kier molecular flexibility index (Phi) is 5.85. The monoisotopic (exact) mass is 466 g/mol. The van der Waals surface area contributed by atoms with Crippen molar-refractivity contribution in [2.45, 2.75) is 50.4 Å². The van der Waals surface area contributed by atoms with Gasteiger partial charge in [0.1, 0.15) is 12.1 Å². The largest absolute Gasteiger partial charge is 0.454 e. The lowest BCUT2D eigenvalue weighted by Crippen LogP contribution is -2.49. The molecule has 1 aliphatic carbocycles. The highest BCUT2D eigenvalue weighted by atomic mass is 19.4. The zero-order chi connectivity index (χ0) is 23.8. The maximum atomic E-state index is 12.9. The van der Waals surface area contributed by atoms with E-state index in [-0.39, 0.29) is 11.7 Å². The molecule has 1 spiro atoms. The summed E-state index contributed by atoms with van der Waals surface area (Å²) >= 11 is 0. The topological polar surface area (TPSA) is 106 Å². The smallest absolute Gasteiger partial charge is 0.416 e. The van der Waals surface area contributed by atoms with Gasteiger partial charge in [0.15, 0.2) is 6.61 Å². The third kappa shape index (κ3) is 4.29. The molecule has 4 rings (SSSR count). The van der Waals surface area contributed by atoms with Gasteiger partial charge in [-0.1, -0.05) is 36.6 Å². The molecule has 176 valence electrons. The first kappa shape index (κ1) is 22.7. The van der Waals surface area contributed by atoms with E-state index in [1.165, 1.54) is 17.0 Å². The van der Waals surface area contributed by atoms with Gasteiger partial charge < -0.3 is 14.2 Å². The number of nitrogens with zero attached hydrogens (tertiary/aromatic N) is 4. The molecule has 12 heteroatoms. The van der Waals surface area contributed by atoms with E-state index in [1.54, 1.807) is 7.05 Å². The number of alkyl halides is 3. The van der Waals surface area contributed by atoms with Crippen LogP contribution in [0.15, 0.2) is 28.8 Å². The highest BCUT2D eigenvalue weighted by Gasteiger charge is 2.56. The third-order valence-electron chi connectivity index (χ3n) is 6.07. The Morgan fingerprint density at radius 3 is 2.45 bits per heavy atom. The predicted octanol–water partition coefficient (Wildman–Crippen LogP) is 3.40. The fourth-order valence-electron chi connectivity index (χ4n) is 4.23. The van der Waals surface area contributed by atoms with Crippen molar-refractivity contribution in [2.75, 3.05) is 13.6 Å². The first-order valence-corrected chi connectivity index (χ1v) is 10.4. The number of likely N-dealkylation sites (N-methyl/N-ethyl adjacent to an activating group) is 1. The summed E-state index contributed by atoms with van der Waals surface area (Å²) in [6, 6.07) is 3.65. The quantitative estimate of drug-likeness (QED) is 0.491. The SMILES string of the molecule is CN1C(=O)N(CC(=O)OCc2nc(-c3ccc(C(F)(F)F)cc3)no2)C(=O)C12CCCCC2. The first-order chi connectivity index (χ1) is 15.6. The summed E-state index contributed by atoms with van der Waals surface area (Å²) in [6.45, 7) is -0.951. The fraction of sp³-hybridized carbons (Fsp3) is 0.476. The van der Waals surface area contributed by atoms with Gasteiger partial charge in [-0.2, -0.15) is 18.2 Å². The van der Waals surface area contributed by atoms with E-state index >= 15 is 0 Å². The maximum absolute atomic E-state index is 12.9. The van der Waals surface area contributed by atoms with Gasteiger partial charge >= 0.3 is 18.2 Å². The Balaban J connectivity index is 1.35. The average molecular weight is 466 g/mol. The lowest BCUT2D eigenvalue weighted by molar-refractivity contribution is -0.150. The van der Waals surface area contributed by atoms with E-state index in [9.17, 15) is 27.6 Å². The third-order valence-corrected chi connectivity index (χ3v) is 6.07. The highest BCUT2D eigenvalue weighted by molar-refractivity contribution is 6.08. The molecule has 1 aromatic carbocycles. The molecule has 2 aliphatic rings. The van der Waals surface area contributed by atoms with Crippen LogP contribution in [-0.4, -0.2) is 57.0 Å². The molecule has 3 amide bonds. The summed E-state index contributed by atoms with van der Waals surface area (Å²) in [5, 5.41) is 3.67. The van der Waals surface area contributed by atoms with E-state index in [1.807, 2.05) is 0 Å². The van der Waals surface area contributed by atoms with Crippen molar-refractivity contribution < 1.29 is 36.8 Å². The molecule has 33 heavy (non-hydrogen) atoms. The number of carbonyl (C=O) groups excluding carboxylic acids is 3. The number of carbonyl (C=O) groups is 3. The van der Waals surface area contributed by atoms with Gasteiger partial charge in [0.05, 0.1) is 5.56 Å². The first-order valence-electron chi connectivity index (χ1n) is 10.4. The van der Waals surface area contributed by atoms with Crippen molar-refractivity contribution in [1.82, 2.24) is 19.9 Å². The lowest BCUT2D eigenvalue weighted by atomic mass is 9.81. The molecule has 1 aromatic heterocycles. The van der Waals surface area contributed by atoms with Crippen molar-refractivity contribution in [1.29, 1.82) is 0 Å². The molecular formula is C21H21F3N4O5. The van der Waals surface area contributed by atoms with Crippen molar-refractivity contribution in [2.24, 2.45) is 0 Å². The minimum atomic E-state index is -4.46. The molecule has 1 aliphatic heterocycles. The van der Waals surface area contributed by atoms with Crippen LogP contribution < -0.4 is 0 Å². The molecule has 2 aromatic rings. The molecule has 0 radical (unpaired) electrons. The zero-order valence-corrected chi connectivity index (χ0v) is 17.7. The van der Waals surface area contributed by atoms with Crippen LogP contribution in [0, 0.1) is 0 Å². The van der Waals surface area contributed by atoms with Crippen molar-refractivity contribution in [3.05, 3.63) is 35.7 Å². The lowest BCUT2D eigenvalue weighted by Gasteiger charge is -2.35. The molecule has 9 nitrogen and oxygen atoms in total. The summed E-state index contributed by atoms with van der Waals surface area (Å²) < 4.78 is 48.1. The van der Waals surface area contributed by atoms with Gasteiger partial charge in [0.2, 0.25) is 5.82 Å². The number of esters is 1. The number of urea groups is 1. The van der Waals surface area contributed by atoms with Crippen LogP contribution in [0.5, 0.6) is 0 Å². The Bertz CT molecular complexity index is 1060. The number of aromatic nitrogens is 2. The molecule has 0 unspecified atom stereocenters. The number of rotatable bonds is 5. The van der Waals surface area contributed by atoms with Crippen LogP contribution in [0.1, 0.15) is 43.6 Å². The Hall–Kier alpha value is -3.44. The van der Waals surface area contributed by atoms with E-state index in [0.29, 0.717) is 18.4 Å². The van der Waals surface area contributed by atoms with E-state index in [0.717, 1.165) is 36.3 Å². The minimum Gasteiger partial charge on any atom is -0.454 e. The van der Waals surface area contributed by atoms with E-state index in [2.05, 4.69) is 10.1 Å². The van der Waals surface area contributed by atoms with Crippen LogP contribution in [0.2, 0.25) is 0 Å². The summed E-state index contributed by atoms with van der Waals surface area (Å²) in [7, 11) is 1.57. The Morgan fingerprint density at radius 1 is 1.15 bits per heavy atom. The van der Waals surface area contributed by atoms with Gasteiger partial charge in [-0.05, 0) is 25.0 Å². The molecule has 0 atom stereocenters. The van der Waals surface area contributed by atoms with Crippen LogP contribution in [-0.2, 0) is 27.1 Å². The van der Waals surface area contributed by atoms with Gasteiger partial charge in [0, 0.05) is 12.6 Å². The average Bonchev–Trinajstić information content (AvgIpc) is 3.34. The second kappa shape index (κ2) is 8.49. The zero-order valence-electron chi connectivity index (χ0n) is 17.7. The van der Waals surface area contributed by atoms with Crippen LogP contribution in [0.25, 0.3) is 11.4 Å². The molecule has 2 heterocycles. The van der Waals surface area contributed by atoms with Gasteiger partial charge in [-0.3, -0.25) is 14.5 Å². The second-order valence-corrected chi connectivity index (χ2v) is 8.07. The normalized spacial score (nSPS) is 18.3.